The highest BCUT2D eigenvalue weighted by Gasteiger charge is 2.29. The summed E-state index contributed by atoms with van der Waals surface area (Å²) >= 11 is 1.54. The Morgan fingerprint density at radius 1 is 1.62 bits per heavy atom. The van der Waals surface area contributed by atoms with Crippen LogP contribution >= 0.6 is 11.3 Å². The van der Waals surface area contributed by atoms with Crippen LogP contribution in [0.15, 0.2) is 11.6 Å². The SMILES string of the molecule is CN(Cc1nccs1)C(=O)[C@@H](N)C(C)(C)C. The minimum Gasteiger partial charge on any atom is -0.338 e. The van der Waals surface area contributed by atoms with Crippen LogP contribution in [0.1, 0.15) is 25.8 Å². The van der Waals surface area contributed by atoms with Gasteiger partial charge in [-0.2, -0.15) is 0 Å². The molecule has 1 aromatic heterocycles. The van der Waals surface area contributed by atoms with Crippen molar-refractivity contribution in [1.82, 2.24) is 9.88 Å². The van der Waals surface area contributed by atoms with Crippen molar-refractivity contribution in [2.75, 3.05) is 7.05 Å². The summed E-state index contributed by atoms with van der Waals surface area (Å²) in [7, 11) is 1.76. The summed E-state index contributed by atoms with van der Waals surface area (Å²) in [5.41, 5.74) is 5.70. The second kappa shape index (κ2) is 4.93. The number of nitrogens with two attached hydrogens (primary N) is 1. The summed E-state index contributed by atoms with van der Waals surface area (Å²) in [6, 6.07) is -0.475. The van der Waals surface area contributed by atoms with E-state index in [2.05, 4.69) is 4.98 Å². The number of hydrogen-bond donors (Lipinski definition) is 1. The van der Waals surface area contributed by atoms with Crippen molar-refractivity contribution in [2.24, 2.45) is 11.1 Å². The van der Waals surface area contributed by atoms with E-state index in [9.17, 15) is 4.79 Å². The summed E-state index contributed by atoms with van der Waals surface area (Å²) in [6.45, 7) is 6.42. The first-order chi connectivity index (χ1) is 7.32. The molecule has 0 saturated carbocycles. The third-order valence-corrected chi connectivity index (χ3v) is 3.20. The van der Waals surface area contributed by atoms with E-state index in [1.165, 1.54) is 0 Å². The molecule has 90 valence electrons. The largest absolute Gasteiger partial charge is 0.338 e. The second-order valence-electron chi connectivity index (χ2n) is 4.96. The number of thiazole rings is 1. The van der Waals surface area contributed by atoms with Gasteiger partial charge in [-0.15, -0.1) is 11.3 Å². The van der Waals surface area contributed by atoms with Gasteiger partial charge in [-0.1, -0.05) is 20.8 Å². The smallest absolute Gasteiger partial charge is 0.240 e. The third kappa shape index (κ3) is 3.28. The quantitative estimate of drug-likeness (QED) is 0.872. The number of likely N-dealkylation sites (N-methyl/N-ethyl adjacent to an activating group) is 1. The molecule has 1 heterocycles. The van der Waals surface area contributed by atoms with E-state index in [1.54, 1.807) is 29.5 Å². The van der Waals surface area contributed by atoms with Gasteiger partial charge in [0.15, 0.2) is 0 Å². The number of rotatable bonds is 3. The van der Waals surface area contributed by atoms with Gasteiger partial charge in [0.2, 0.25) is 5.91 Å². The zero-order chi connectivity index (χ0) is 12.3. The van der Waals surface area contributed by atoms with Crippen LogP contribution in [0.2, 0.25) is 0 Å². The predicted octanol–water partition coefficient (Wildman–Crippen LogP) is 1.47. The maximum atomic E-state index is 12.0. The minimum absolute atomic E-state index is 0.0392. The highest BCUT2D eigenvalue weighted by molar-refractivity contribution is 7.09. The lowest BCUT2D eigenvalue weighted by molar-refractivity contribution is -0.134. The van der Waals surface area contributed by atoms with E-state index in [0.717, 1.165) is 5.01 Å². The van der Waals surface area contributed by atoms with Gasteiger partial charge in [-0.3, -0.25) is 4.79 Å². The van der Waals surface area contributed by atoms with E-state index in [1.807, 2.05) is 26.2 Å². The molecule has 1 rings (SSSR count). The van der Waals surface area contributed by atoms with E-state index in [-0.39, 0.29) is 11.3 Å². The summed E-state index contributed by atoms with van der Waals surface area (Å²) in [6.07, 6.45) is 1.74. The van der Waals surface area contributed by atoms with Gasteiger partial charge in [0, 0.05) is 18.6 Å². The van der Waals surface area contributed by atoms with Crippen LogP contribution in [-0.2, 0) is 11.3 Å². The van der Waals surface area contributed by atoms with Crippen molar-refractivity contribution in [3.05, 3.63) is 16.6 Å². The molecular formula is C11H19N3OS. The fourth-order valence-electron chi connectivity index (χ4n) is 1.22. The molecular weight excluding hydrogens is 222 g/mol. The normalized spacial score (nSPS) is 13.6. The van der Waals surface area contributed by atoms with Crippen molar-refractivity contribution in [2.45, 2.75) is 33.4 Å². The highest BCUT2D eigenvalue weighted by atomic mass is 32.1. The van der Waals surface area contributed by atoms with Gasteiger partial charge in [-0.25, -0.2) is 4.98 Å². The Morgan fingerprint density at radius 2 is 2.25 bits per heavy atom. The van der Waals surface area contributed by atoms with Crippen LogP contribution in [0.3, 0.4) is 0 Å². The number of carbonyl (C=O) groups excluding carboxylic acids is 1. The minimum atomic E-state index is -0.475. The third-order valence-electron chi connectivity index (χ3n) is 2.43. The molecule has 0 bridgehead atoms. The summed E-state index contributed by atoms with van der Waals surface area (Å²) in [4.78, 5) is 17.8. The van der Waals surface area contributed by atoms with Gasteiger partial charge in [-0.05, 0) is 5.41 Å². The van der Waals surface area contributed by atoms with Gasteiger partial charge in [0.05, 0.1) is 12.6 Å². The van der Waals surface area contributed by atoms with Crippen molar-refractivity contribution in [3.63, 3.8) is 0 Å². The molecule has 0 saturated heterocycles. The van der Waals surface area contributed by atoms with Crippen LogP contribution in [0.25, 0.3) is 0 Å². The van der Waals surface area contributed by atoms with E-state index in [4.69, 9.17) is 5.73 Å². The van der Waals surface area contributed by atoms with Gasteiger partial charge < -0.3 is 10.6 Å². The van der Waals surface area contributed by atoms with E-state index >= 15 is 0 Å². The number of hydrogen-bond acceptors (Lipinski definition) is 4. The number of aromatic nitrogens is 1. The molecule has 0 aromatic carbocycles. The fraction of sp³-hybridized carbons (Fsp3) is 0.636. The molecule has 0 aliphatic rings. The molecule has 0 aliphatic heterocycles. The Kier molecular flexibility index (Phi) is 4.04. The summed E-state index contributed by atoms with van der Waals surface area (Å²) < 4.78 is 0. The molecule has 5 heteroatoms. The molecule has 1 amide bonds. The molecule has 1 aromatic rings. The molecule has 0 aliphatic carbocycles. The maximum Gasteiger partial charge on any atom is 0.240 e. The first kappa shape index (κ1) is 13.1. The van der Waals surface area contributed by atoms with Crippen molar-refractivity contribution >= 4 is 17.2 Å². The topological polar surface area (TPSA) is 59.2 Å². The van der Waals surface area contributed by atoms with Gasteiger partial charge in [0.25, 0.3) is 0 Å². The molecule has 2 N–H and O–H groups in total. The van der Waals surface area contributed by atoms with Gasteiger partial charge in [0.1, 0.15) is 5.01 Å². The highest BCUT2D eigenvalue weighted by Crippen LogP contribution is 2.19. The lowest BCUT2D eigenvalue weighted by Gasteiger charge is -2.29. The first-order valence-electron chi connectivity index (χ1n) is 5.21. The Hall–Kier alpha value is -0.940. The fourth-order valence-corrected chi connectivity index (χ4v) is 1.89. The zero-order valence-corrected chi connectivity index (χ0v) is 11.0. The molecule has 0 unspecified atom stereocenters. The Morgan fingerprint density at radius 3 is 2.69 bits per heavy atom. The van der Waals surface area contributed by atoms with Crippen LogP contribution < -0.4 is 5.73 Å². The number of amides is 1. The second-order valence-corrected chi connectivity index (χ2v) is 5.94. The lowest BCUT2D eigenvalue weighted by Crippen LogP contribution is -2.48. The molecule has 1 atom stereocenters. The van der Waals surface area contributed by atoms with Crippen LogP contribution in [0, 0.1) is 5.41 Å². The molecule has 0 spiro atoms. The molecule has 4 nitrogen and oxygen atoms in total. The first-order valence-corrected chi connectivity index (χ1v) is 6.09. The summed E-state index contributed by atoms with van der Waals surface area (Å²) in [5.74, 6) is -0.0392. The average molecular weight is 241 g/mol. The van der Waals surface area contributed by atoms with E-state index < -0.39 is 6.04 Å². The summed E-state index contributed by atoms with van der Waals surface area (Å²) in [5, 5.41) is 2.83. The lowest BCUT2D eigenvalue weighted by atomic mass is 9.86. The number of carbonyl (C=O) groups is 1. The van der Waals surface area contributed by atoms with Gasteiger partial charge >= 0.3 is 0 Å². The van der Waals surface area contributed by atoms with Crippen LogP contribution in [0.4, 0.5) is 0 Å². The Balaban J connectivity index is 2.61. The maximum absolute atomic E-state index is 12.0. The van der Waals surface area contributed by atoms with Crippen LogP contribution in [-0.4, -0.2) is 28.9 Å². The Labute approximate surface area is 100 Å². The molecule has 0 fully saturated rings. The zero-order valence-electron chi connectivity index (χ0n) is 10.2. The van der Waals surface area contributed by atoms with Crippen molar-refractivity contribution < 1.29 is 4.79 Å². The van der Waals surface area contributed by atoms with E-state index in [0.29, 0.717) is 6.54 Å². The average Bonchev–Trinajstić information content (AvgIpc) is 2.66. The predicted molar refractivity (Wildman–Crippen MR) is 66.0 cm³/mol. The molecule has 0 radical (unpaired) electrons. The van der Waals surface area contributed by atoms with Crippen molar-refractivity contribution in [3.8, 4) is 0 Å². The monoisotopic (exact) mass is 241 g/mol. The van der Waals surface area contributed by atoms with Crippen LogP contribution in [0.5, 0.6) is 0 Å². The Bertz CT molecular complexity index is 343. The van der Waals surface area contributed by atoms with Crippen molar-refractivity contribution in [1.29, 1.82) is 0 Å². The molecule has 16 heavy (non-hydrogen) atoms. The number of nitrogens with zero attached hydrogens (tertiary/aromatic N) is 2. The standard InChI is InChI=1S/C11H19N3OS/c1-11(2,3)9(12)10(15)14(4)7-8-13-5-6-16-8/h5-6,9H,7,12H2,1-4H3/t9-/m1/s1.